The zero-order valence-corrected chi connectivity index (χ0v) is 20.2. The maximum absolute atomic E-state index is 13.1. The first kappa shape index (κ1) is 25.9. The van der Waals surface area contributed by atoms with Gasteiger partial charge in [-0.1, -0.05) is 0 Å². The number of carbonyl (C=O) groups excluding carboxylic acids is 4. The highest BCUT2D eigenvalue weighted by atomic mass is 32.2. The van der Waals surface area contributed by atoms with Crippen LogP contribution in [-0.2, 0) is 9.47 Å². The fourth-order valence-corrected chi connectivity index (χ4v) is 4.20. The second-order valence-electron chi connectivity index (χ2n) is 7.36. The number of nitrogens with zero attached hydrogens (tertiary/aromatic N) is 2. The molecule has 11 heteroatoms. The van der Waals surface area contributed by atoms with E-state index >= 15 is 0 Å². The summed E-state index contributed by atoms with van der Waals surface area (Å²) in [6.07, 6.45) is -1.67. The molecule has 0 aromatic heterocycles. The van der Waals surface area contributed by atoms with Gasteiger partial charge in [-0.3, -0.25) is 9.59 Å². The van der Waals surface area contributed by atoms with Gasteiger partial charge >= 0.3 is 12.3 Å². The maximum atomic E-state index is 13.1. The zero-order chi connectivity index (χ0) is 25.2. The number of hydrogen-bond donors (Lipinski definition) is 0. The fourth-order valence-electron chi connectivity index (χ4n) is 3.29. The molecule has 2 aromatic rings. The summed E-state index contributed by atoms with van der Waals surface area (Å²) in [5.41, 5.74) is 0.899. The van der Waals surface area contributed by atoms with Gasteiger partial charge in [0, 0.05) is 48.8 Å². The first-order valence-corrected chi connectivity index (χ1v) is 11.9. The van der Waals surface area contributed by atoms with Gasteiger partial charge in [0.1, 0.15) is 11.5 Å². The second-order valence-corrected chi connectivity index (χ2v) is 8.58. The average Bonchev–Trinajstić information content (AvgIpc) is 3.01. The fraction of sp³-hybridized carbons (Fsp3) is 0.333. The molecule has 2 aromatic carbocycles. The molecule has 0 radical (unpaired) electrons. The van der Waals surface area contributed by atoms with E-state index in [0.29, 0.717) is 37.3 Å². The Hall–Kier alpha value is -3.73. The van der Waals surface area contributed by atoms with Crippen LogP contribution in [0, 0.1) is 0 Å². The van der Waals surface area contributed by atoms with Crippen molar-refractivity contribution in [1.82, 2.24) is 9.80 Å². The molecule has 1 aliphatic rings. The number of hydrogen-bond acceptors (Lipinski definition) is 9. The molecule has 0 atom stereocenters. The summed E-state index contributed by atoms with van der Waals surface area (Å²) in [5, 5.41) is 0. The largest absolute Gasteiger partial charge is 0.513 e. The lowest BCUT2D eigenvalue weighted by atomic mass is 10.1. The minimum atomic E-state index is -0.837. The third-order valence-electron chi connectivity index (χ3n) is 5.16. The van der Waals surface area contributed by atoms with Gasteiger partial charge in [-0.15, -0.1) is 0 Å². The Labute approximate surface area is 207 Å². The van der Waals surface area contributed by atoms with Crippen LogP contribution in [0.25, 0.3) is 0 Å². The molecular weight excluding hydrogens is 476 g/mol. The van der Waals surface area contributed by atoms with Gasteiger partial charge in [-0.2, -0.15) is 11.8 Å². The zero-order valence-electron chi connectivity index (χ0n) is 19.4. The van der Waals surface area contributed by atoms with Crippen LogP contribution < -0.4 is 9.47 Å². The Morgan fingerprint density at radius 2 is 1.00 bits per heavy atom. The molecule has 0 bridgehead atoms. The number of rotatable bonds is 4. The topological polar surface area (TPSA) is 112 Å². The van der Waals surface area contributed by atoms with E-state index in [9.17, 15) is 19.2 Å². The van der Waals surface area contributed by atoms with E-state index in [1.165, 1.54) is 38.5 Å². The van der Waals surface area contributed by atoms with Crippen LogP contribution >= 0.6 is 11.8 Å². The summed E-state index contributed by atoms with van der Waals surface area (Å²) in [5.74, 6) is 1.69. The third-order valence-corrected chi connectivity index (χ3v) is 6.11. The van der Waals surface area contributed by atoms with Crippen LogP contribution in [0.2, 0.25) is 0 Å². The van der Waals surface area contributed by atoms with Crippen molar-refractivity contribution in [2.24, 2.45) is 0 Å². The van der Waals surface area contributed by atoms with Crippen molar-refractivity contribution in [2.45, 2.75) is 0 Å². The van der Waals surface area contributed by atoms with E-state index in [-0.39, 0.29) is 23.3 Å². The van der Waals surface area contributed by atoms with Crippen molar-refractivity contribution in [1.29, 1.82) is 0 Å². The van der Waals surface area contributed by atoms with Crippen LogP contribution in [0.5, 0.6) is 11.5 Å². The number of benzene rings is 2. The summed E-state index contributed by atoms with van der Waals surface area (Å²) in [4.78, 5) is 52.1. The van der Waals surface area contributed by atoms with Gasteiger partial charge in [-0.05, 0) is 48.5 Å². The van der Waals surface area contributed by atoms with Crippen molar-refractivity contribution in [3.8, 4) is 11.5 Å². The molecule has 1 aliphatic heterocycles. The second kappa shape index (κ2) is 12.7. The van der Waals surface area contributed by atoms with Gasteiger partial charge in [0.2, 0.25) is 0 Å². The lowest BCUT2D eigenvalue weighted by Gasteiger charge is -2.26. The van der Waals surface area contributed by atoms with Crippen molar-refractivity contribution in [2.75, 3.05) is 51.9 Å². The maximum Gasteiger partial charge on any atom is 0.513 e. The van der Waals surface area contributed by atoms with Gasteiger partial charge in [0.15, 0.2) is 0 Å². The third kappa shape index (κ3) is 7.38. The number of amides is 2. The summed E-state index contributed by atoms with van der Waals surface area (Å²) < 4.78 is 18.8. The molecule has 2 amide bonds. The van der Waals surface area contributed by atoms with E-state index in [0.717, 1.165) is 11.5 Å². The molecule has 35 heavy (non-hydrogen) atoms. The van der Waals surface area contributed by atoms with Crippen LogP contribution in [0.15, 0.2) is 48.5 Å². The molecule has 1 saturated heterocycles. The van der Waals surface area contributed by atoms with E-state index in [1.54, 1.807) is 45.8 Å². The quantitative estimate of drug-likeness (QED) is 0.459. The van der Waals surface area contributed by atoms with Crippen LogP contribution in [0.1, 0.15) is 20.7 Å². The predicted octanol–water partition coefficient (Wildman–Crippen LogP) is 3.31. The van der Waals surface area contributed by atoms with E-state index in [1.807, 2.05) is 0 Å². The molecule has 1 heterocycles. The van der Waals surface area contributed by atoms with Crippen LogP contribution in [0.4, 0.5) is 9.59 Å². The van der Waals surface area contributed by atoms with Crippen LogP contribution in [-0.4, -0.2) is 85.8 Å². The molecule has 0 spiro atoms. The summed E-state index contributed by atoms with van der Waals surface area (Å²) in [6.45, 7) is 1.83. The highest BCUT2D eigenvalue weighted by Gasteiger charge is 2.22. The van der Waals surface area contributed by atoms with Crippen molar-refractivity contribution < 1.29 is 38.1 Å². The van der Waals surface area contributed by atoms with E-state index in [4.69, 9.17) is 9.47 Å². The predicted molar refractivity (Wildman–Crippen MR) is 128 cm³/mol. The Morgan fingerprint density at radius 3 is 1.34 bits per heavy atom. The molecule has 0 N–H and O–H groups in total. The number of thioether (sulfide) groups is 1. The SMILES string of the molecule is COC(=O)Oc1ccc(C(=O)N2CCSCCN(C(=O)c3ccc(OC(=O)OC)cc3)CC2)cc1. The average molecular weight is 503 g/mol. The first-order chi connectivity index (χ1) is 16.9. The minimum absolute atomic E-state index is 0.172. The standard InChI is InChI=1S/C24H26N2O8S/c1-31-23(29)33-19-7-3-17(4-8-19)21(27)25-11-12-26(14-16-35-15-13-25)22(28)18-5-9-20(10-6-18)34-24(30)32-2/h3-10H,11-16H2,1-2H3. The Balaban J connectivity index is 1.64. The van der Waals surface area contributed by atoms with E-state index in [2.05, 4.69) is 9.47 Å². The first-order valence-electron chi connectivity index (χ1n) is 10.8. The highest BCUT2D eigenvalue weighted by molar-refractivity contribution is 7.99. The molecule has 10 nitrogen and oxygen atoms in total. The van der Waals surface area contributed by atoms with Gasteiger partial charge in [0.25, 0.3) is 11.8 Å². The van der Waals surface area contributed by atoms with Crippen molar-refractivity contribution in [3.63, 3.8) is 0 Å². The number of methoxy groups -OCH3 is 2. The highest BCUT2D eigenvalue weighted by Crippen LogP contribution is 2.18. The molecular formula is C24H26N2O8S. The normalized spacial score (nSPS) is 14.1. The molecule has 0 saturated carbocycles. The van der Waals surface area contributed by atoms with Gasteiger partial charge < -0.3 is 28.7 Å². The van der Waals surface area contributed by atoms with Gasteiger partial charge in [0.05, 0.1) is 14.2 Å². The molecule has 1 fully saturated rings. The molecule has 186 valence electrons. The Kier molecular flexibility index (Phi) is 9.36. The summed E-state index contributed by atoms with van der Waals surface area (Å²) >= 11 is 1.67. The Bertz CT molecular complexity index is 959. The molecule has 0 unspecified atom stereocenters. The summed E-state index contributed by atoms with van der Waals surface area (Å²) in [6, 6.07) is 12.4. The van der Waals surface area contributed by atoms with E-state index < -0.39 is 12.3 Å². The van der Waals surface area contributed by atoms with Crippen LogP contribution in [0.3, 0.4) is 0 Å². The lowest BCUT2D eigenvalue weighted by molar-refractivity contribution is 0.0679. The number of carbonyl (C=O) groups is 4. The monoisotopic (exact) mass is 502 g/mol. The lowest BCUT2D eigenvalue weighted by Crippen LogP contribution is -2.41. The minimum Gasteiger partial charge on any atom is -0.437 e. The number of ether oxygens (including phenoxy) is 4. The summed E-state index contributed by atoms with van der Waals surface area (Å²) in [7, 11) is 2.43. The van der Waals surface area contributed by atoms with Crippen molar-refractivity contribution in [3.05, 3.63) is 59.7 Å². The smallest absolute Gasteiger partial charge is 0.437 e. The van der Waals surface area contributed by atoms with Crippen molar-refractivity contribution >= 4 is 35.9 Å². The molecule has 3 rings (SSSR count). The molecule has 0 aliphatic carbocycles. The van der Waals surface area contributed by atoms with Gasteiger partial charge in [-0.25, -0.2) is 9.59 Å². The Morgan fingerprint density at radius 1 is 0.629 bits per heavy atom.